The van der Waals surface area contributed by atoms with E-state index in [-0.39, 0.29) is 11.7 Å². The molecular weight excluding hydrogens is 568 g/mol. The summed E-state index contributed by atoms with van der Waals surface area (Å²) in [6.07, 6.45) is 4.30. The molecule has 1 saturated heterocycles. The predicted molar refractivity (Wildman–Crippen MR) is 179 cm³/mol. The maximum atomic E-state index is 13.4. The molecule has 1 aliphatic heterocycles. The third-order valence-electron chi connectivity index (χ3n) is 7.58. The van der Waals surface area contributed by atoms with Gasteiger partial charge in [0.2, 0.25) is 0 Å². The number of ether oxygens (including phenoxy) is 1. The molecule has 4 rings (SSSR count). The van der Waals surface area contributed by atoms with Crippen molar-refractivity contribution in [3.05, 3.63) is 83.7 Å². The number of benzene rings is 2. The van der Waals surface area contributed by atoms with Crippen molar-refractivity contribution in [3.8, 4) is 0 Å². The summed E-state index contributed by atoms with van der Waals surface area (Å²) in [4.78, 5) is 47.4. The third kappa shape index (κ3) is 10.9. The molecule has 1 aromatic heterocycles. The number of pyridine rings is 1. The van der Waals surface area contributed by atoms with Crippen LogP contribution in [0.2, 0.25) is 0 Å². The van der Waals surface area contributed by atoms with Gasteiger partial charge in [-0.05, 0) is 114 Å². The Morgan fingerprint density at radius 2 is 1.67 bits per heavy atom. The second-order valence-electron chi connectivity index (χ2n) is 12.8. The summed E-state index contributed by atoms with van der Waals surface area (Å²) in [6.45, 7) is 13.7. The number of nitrogens with one attached hydrogen (secondary N) is 3. The Hall–Kier alpha value is -4.44. The van der Waals surface area contributed by atoms with Gasteiger partial charge in [0.25, 0.3) is 5.91 Å². The van der Waals surface area contributed by atoms with E-state index < -0.39 is 17.6 Å². The van der Waals surface area contributed by atoms with Crippen LogP contribution in [0, 0.1) is 12.8 Å². The fourth-order valence-electron chi connectivity index (χ4n) is 5.12. The molecule has 10 heteroatoms. The minimum Gasteiger partial charge on any atom is -0.444 e. The van der Waals surface area contributed by atoms with Gasteiger partial charge < -0.3 is 25.2 Å². The molecule has 1 aliphatic rings. The molecule has 1 fully saturated rings. The molecule has 0 spiro atoms. The number of aromatic nitrogens is 1. The molecule has 4 amide bonds. The van der Waals surface area contributed by atoms with Crippen LogP contribution in [0.1, 0.15) is 68.6 Å². The number of para-hydroxylation sites is 2. The highest BCUT2D eigenvalue weighted by Gasteiger charge is 2.20. The Bertz CT molecular complexity index is 1440. The Balaban J connectivity index is 1.39. The zero-order valence-corrected chi connectivity index (χ0v) is 27.1. The molecule has 0 atom stereocenters. The lowest BCUT2D eigenvalue weighted by molar-refractivity contribution is 0.0635. The van der Waals surface area contributed by atoms with E-state index in [0.29, 0.717) is 24.5 Å². The summed E-state index contributed by atoms with van der Waals surface area (Å²) >= 11 is 0. The smallest absolute Gasteiger partial charge is 0.412 e. The van der Waals surface area contributed by atoms with Crippen molar-refractivity contribution in [2.45, 2.75) is 66.0 Å². The zero-order chi connectivity index (χ0) is 32.4. The zero-order valence-electron chi connectivity index (χ0n) is 27.1. The molecule has 2 aromatic carbocycles. The van der Waals surface area contributed by atoms with Gasteiger partial charge in [0.15, 0.2) is 0 Å². The van der Waals surface area contributed by atoms with E-state index in [4.69, 9.17) is 4.74 Å². The topological polar surface area (TPSA) is 116 Å². The number of anilines is 3. The van der Waals surface area contributed by atoms with Crippen molar-refractivity contribution in [1.29, 1.82) is 0 Å². The summed E-state index contributed by atoms with van der Waals surface area (Å²) in [5, 5.41) is 8.53. The lowest BCUT2D eigenvalue weighted by Gasteiger charge is -2.31. The molecule has 0 radical (unpaired) electrons. The van der Waals surface area contributed by atoms with Crippen molar-refractivity contribution >= 4 is 35.1 Å². The van der Waals surface area contributed by atoms with Gasteiger partial charge >= 0.3 is 12.1 Å². The average molecular weight is 615 g/mol. The molecule has 240 valence electrons. The van der Waals surface area contributed by atoms with Gasteiger partial charge in [0.1, 0.15) is 11.3 Å². The molecule has 0 aliphatic carbocycles. The first-order chi connectivity index (χ1) is 21.4. The number of carbonyl (C=O) groups excluding carboxylic acids is 3. The molecule has 0 saturated carbocycles. The molecule has 3 N–H and O–H groups in total. The quantitative estimate of drug-likeness (QED) is 0.223. The van der Waals surface area contributed by atoms with Crippen LogP contribution in [0.5, 0.6) is 0 Å². The molecule has 10 nitrogen and oxygen atoms in total. The van der Waals surface area contributed by atoms with Crippen LogP contribution in [-0.4, -0.2) is 64.6 Å². The second-order valence-corrected chi connectivity index (χ2v) is 12.8. The van der Waals surface area contributed by atoms with Crippen LogP contribution in [0.25, 0.3) is 0 Å². The summed E-state index contributed by atoms with van der Waals surface area (Å²) in [5.74, 6) is 0.351. The van der Waals surface area contributed by atoms with Crippen molar-refractivity contribution < 1.29 is 19.1 Å². The van der Waals surface area contributed by atoms with Crippen LogP contribution in [0.15, 0.2) is 66.9 Å². The fraction of sp³-hybridized carbons (Fsp3) is 0.429. The number of hydrogen-bond donors (Lipinski definition) is 3. The van der Waals surface area contributed by atoms with Gasteiger partial charge in [0.05, 0.1) is 11.4 Å². The monoisotopic (exact) mass is 614 g/mol. The number of piperidine rings is 1. The number of rotatable bonds is 10. The van der Waals surface area contributed by atoms with E-state index in [1.807, 2.05) is 37.3 Å². The van der Waals surface area contributed by atoms with Gasteiger partial charge in [-0.2, -0.15) is 0 Å². The van der Waals surface area contributed by atoms with Gasteiger partial charge in [0, 0.05) is 25.0 Å². The van der Waals surface area contributed by atoms with Crippen LogP contribution in [-0.2, 0) is 11.3 Å². The van der Waals surface area contributed by atoms with E-state index in [1.165, 1.54) is 12.8 Å². The van der Waals surface area contributed by atoms with Gasteiger partial charge in [-0.1, -0.05) is 37.3 Å². The molecule has 2 heterocycles. The number of amides is 4. The SMILES string of the molecule is Cc1cccc(NC(=O)N(CCCN2CCC(C)CC2)Cc2ccc(C(=O)Nc3ccccc3NC(=O)OC(C)(C)C)nc2)c1. The Morgan fingerprint density at radius 3 is 2.31 bits per heavy atom. The number of likely N-dealkylation sites (tertiary alicyclic amines) is 1. The van der Waals surface area contributed by atoms with Crippen LogP contribution < -0.4 is 16.0 Å². The van der Waals surface area contributed by atoms with E-state index in [2.05, 4.69) is 32.8 Å². The van der Waals surface area contributed by atoms with E-state index in [0.717, 1.165) is 48.8 Å². The standard InChI is InChI=1S/C35H46N6O4/c1-25-16-20-40(21-17-25)18-9-19-41(33(43)37-28-11-8-10-26(2)22-28)24-27-14-15-31(36-23-27)32(42)38-29-12-6-7-13-30(29)39-34(44)45-35(3,4)5/h6-8,10-15,22-23,25H,9,16-21,24H2,1-5H3,(H,37,43)(H,38,42)(H,39,44). The minimum absolute atomic E-state index is 0.177. The maximum absolute atomic E-state index is 13.4. The molecular formula is C35H46N6O4. The number of hydrogen-bond acceptors (Lipinski definition) is 6. The van der Waals surface area contributed by atoms with Crippen molar-refractivity contribution in [3.63, 3.8) is 0 Å². The first kappa shape index (κ1) is 33.5. The van der Waals surface area contributed by atoms with Crippen molar-refractivity contribution in [2.24, 2.45) is 5.92 Å². The maximum Gasteiger partial charge on any atom is 0.412 e. The second kappa shape index (κ2) is 15.5. The van der Waals surface area contributed by atoms with Crippen LogP contribution in [0.3, 0.4) is 0 Å². The first-order valence-corrected chi connectivity index (χ1v) is 15.7. The number of aryl methyl sites for hydroxylation is 1. The molecule has 45 heavy (non-hydrogen) atoms. The molecule has 0 bridgehead atoms. The van der Waals surface area contributed by atoms with E-state index >= 15 is 0 Å². The van der Waals surface area contributed by atoms with Crippen molar-refractivity contribution in [2.75, 3.05) is 42.1 Å². The first-order valence-electron chi connectivity index (χ1n) is 15.7. The van der Waals surface area contributed by atoms with Crippen molar-refractivity contribution in [1.82, 2.24) is 14.8 Å². The van der Waals surface area contributed by atoms with Crippen LogP contribution >= 0.6 is 0 Å². The summed E-state index contributed by atoms with van der Waals surface area (Å²) < 4.78 is 5.34. The predicted octanol–water partition coefficient (Wildman–Crippen LogP) is 7.15. The fourth-order valence-corrected chi connectivity index (χ4v) is 5.12. The summed E-state index contributed by atoms with van der Waals surface area (Å²) in [6, 6.07) is 17.9. The summed E-state index contributed by atoms with van der Waals surface area (Å²) in [5.41, 5.74) is 3.01. The highest BCUT2D eigenvalue weighted by molar-refractivity contribution is 6.05. The third-order valence-corrected chi connectivity index (χ3v) is 7.58. The number of urea groups is 1. The Labute approximate surface area is 266 Å². The van der Waals surface area contributed by atoms with E-state index in [1.54, 1.807) is 62.2 Å². The van der Waals surface area contributed by atoms with Crippen LogP contribution in [0.4, 0.5) is 26.7 Å². The highest BCUT2D eigenvalue weighted by atomic mass is 16.6. The lowest BCUT2D eigenvalue weighted by atomic mass is 9.99. The lowest BCUT2D eigenvalue weighted by Crippen LogP contribution is -2.38. The normalized spacial score (nSPS) is 14.0. The molecule has 3 aromatic rings. The summed E-state index contributed by atoms with van der Waals surface area (Å²) in [7, 11) is 0. The number of carbonyl (C=O) groups is 3. The largest absolute Gasteiger partial charge is 0.444 e. The Morgan fingerprint density at radius 1 is 0.956 bits per heavy atom. The Kier molecular flexibility index (Phi) is 11.5. The van der Waals surface area contributed by atoms with Gasteiger partial charge in [-0.15, -0.1) is 0 Å². The van der Waals surface area contributed by atoms with Gasteiger partial charge in [-0.25, -0.2) is 9.59 Å². The minimum atomic E-state index is -0.656. The van der Waals surface area contributed by atoms with E-state index in [9.17, 15) is 14.4 Å². The average Bonchev–Trinajstić information content (AvgIpc) is 2.98. The highest BCUT2D eigenvalue weighted by Crippen LogP contribution is 2.23. The number of nitrogens with zero attached hydrogens (tertiary/aromatic N) is 3. The van der Waals surface area contributed by atoms with Gasteiger partial charge in [-0.3, -0.25) is 15.1 Å². The molecule has 0 unspecified atom stereocenters.